The first-order chi connectivity index (χ1) is 9.90. The van der Waals surface area contributed by atoms with Crippen LogP contribution < -0.4 is 5.73 Å². The second-order valence-corrected chi connectivity index (χ2v) is 5.97. The smallest absolute Gasteiger partial charge is 0.328 e. The molecular formula is C14H16N2O4S. The Morgan fingerprint density at radius 1 is 1.48 bits per heavy atom. The van der Waals surface area contributed by atoms with Gasteiger partial charge in [0.1, 0.15) is 6.04 Å². The molecule has 0 aliphatic carbocycles. The number of hydrogen-bond acceptors (Lipinski definition) is 4. The molecule has 21 heavy (non-hydrogen) atoms. The highest BCUT2D eigenvalue weighted by Crippen LogP contribution is 2.27. The van der Waals surface area contributed by atoms with E-state index >= 15 is 0 Å². The lowest BCUT2D eigenvalue weighted by Gasteiger charge is -2.21. The Bertz CT molecular complexity index is 620. The molecule has 1 aromatic heterocycles. The predicted octanol–water partition coefficient (Wildman–Crippen LogP) is 1.24. The van der Waals surface area contributed by atoms with E-state index in [1.807, 2.05) is 6.92 Å². The van der Waals surface area contributed by atoms with Gasteiger partial charge in [-0.25, -0.2) is 4.79 Å². The maximum absolute atomic E-state index is 12.5. The third-order valence-corrected chi connectivity index (χ3v) is 4.58. The molecule has 1 aliphatic rings. The van der Waals surface area contributed by atoms with Crippen LogP contribution in [0.2, 0.25) is 0 Å². The molecule has 7 heteroatoms. The number of thiophene rings is 1. The number of carbonyl (C=O) groups is 3. The lowest BCUT2D eigenvalue weighted by atomic mass is 10.2. The fourth-order valence-corrected chi connectivity index (χ4v) is 3.39. The summed E-state index contributed by atoms with van der Waals surface area (Å²) in [5, 5.41) is 8.64. The van der Waals surface area contributed by atoms with Crippen molar-refractivity contribution >= 4 is 35.2 Å². The van der Waals surface area contributed by atoms with E-state index in [4.69, 9.17) is 10.8 Å². The summed E-state index contributed by atoms with van der Waals surface area (Å²) < 4.78 is 0. The number of carboxylic acids is 1. The minimum absolute atomic E-state index is 0.223. The van der Waals surface area contributed by atoms with Crippen LogP contribution >= 0.6 is 11.3 Å². The number of primary amides is 1. The van der Waals surface area contributed by atoms with Crippen LogP contribution in [0, 0.1) is 6.92 Å². The highest BCUT2D eigenvalue weighted by atomic mass is 32.1. The minimum Gasteiger partial charge on any atom is -0.478 e. The molecule has 1 saturated heterocycles. The number of carboxylic acid groups (broad SMARTS) is 1. The summed E-state index contributed by atoms with van der Waals surface area (Å²) in [7, 11) is 0. The topological polar surface area (TPSA) is 101 Å². The van der Waals surface area contributed by atoms with Crippen LogP contribution in [0.5, 0.6) is 0 Å². The van der Waals surface area contributed by atoms with Gasteiger partial charge in [-0.3, -0.25) is 9.59 Å². The molecule has 3 N–H and O–H groups in total. The number of hydrogen-bond donors (Lipinski definition) is 2. The SMILES string of the molecule is Cc1cc(C(=O)N2CCCC2C(N)=O)sc1/C=C/C(=O)O. The zero-order chi connectivity index (χ0) is 15.6. The zero-order valence-corrected chi connectivity index (χ0v) is 12.4. The van der Waals surface area contributed by atoms with Gasteiger partial charge in [0, 0.05) is 17.5 Å². The number of nitrogens with zero attached hydrogens (tertiary/aromatic N) is 1. The second-order valence-electron chi connectivity index (χ2n) is 4.89. The molecule has 1 fully saturated rings. The summed E-state index contributed by atoms with van der Waals surface area (Å²) in [6, 6.07) is 1.17. The van der Waals surface area contributed by atoms with Gasteiger partial charge in [-0.1, -0.05) is 0 Å². The zero-order valence-electron chi connectivity index (χ0n) is 11.5. The molecule has 1 atom stereocenters. The van der Waals surface area contributed by atoms with E-state index in [9.17, 15) is 14.4 Å². The molecule has 0 saturated carbocycles. The normalized spacial score (nSPS) is 18.3. The van der Waals surface area contributed by atoms with Crippen molar-refractivity contribution in [3.8, 4) is 0 Å². The largest absolute Gasteiger partial charge is 0.478 e. The molecule has 112 valence electrons. The van der Waals surface area contributed by atoms with Gasteiger partial charge in [-0.15, -0.1) is 11.3 Å². The Hall–Kier alpha value is -2.15. The Balaban J connectivity index is 2.22. The van der Waals surface area contributed by atoms with E-state index in [-0.39, 0.29) is 5.91 Å². The lowest BCUT2D eigenvalue weighted by molar-refractivity contribution is -0.131. The van der Waals surface area contributed by atoms with E-state index in [0.29, 0.717) is 17.8 Å². The summed E-state index contributed by atoms with van der Waals surface area (Å²) in [6.45, 7) is 2.33. The summed E-state index contributed by atoms with van der Waals surface area (Å²) >= 11 is 1.22. The van der Waals surface area contributed by atoms with E-state index in [1.165, 1.54) is 22.3 Å². The third-order valence-electron chi connectivity index (χ3n) is 3.39. The standard InChI is InChI=1S/C14H16N2O4S/c1-8-7-11(21-10(8)4-5-12(17)18)14(20)16-6-2-3-9(16)13(15)19/h4-5,7,9H,2-3,6H2,1H3,(H2,15,19)(H,17,18)/b5-4+. The quantitative estimate of drug-likeness (QED) is 0.817. The fourth-order valence-electron chi connectivity index (χ4n) is 2.36. The molecule has 1 aliphatic heterocycles. The Morgan fingerprint density at radius 3 is 2.81 bits per heavy atom. The highest BCUT2D eigenvalue weighted by molar-refractivity contribution is 7.15. The summed E-state index contributed by atoms with van der Waals surface area (Å²) in [5.41, 5.74) is 6.14. The van der Waals surface area contributed by atoms with Crippen molar-refractivity contribution in [2.24, 2.45) is 5.73 Å². The molecule has 2 heterocycles. The first kappa shape index (κ1) is 15.2. The van der Waals surface area contributed by atoms with Gasteiger partial charge in [-0.05, 0) is 37.5 Å². The van der Waals surface area contributed by atoms with Gasteiger partial charge in [0.15, 0.2) is 0 Å². The average molecular weight is 308 g/mol. The maximum Gasteiger partial charge on any atom is 0.328 e. The van der Waals surface area contributed by atoms with Crippen LogP contribution in [-0.4, -0.2) is 40.4 Å². The highest BCUT2D eigenvalue weighted by Gasteiger charge is 2.33. The fraction of sp³-hybridized carbons (Fsp3) is 0.357. The van der Waals surface area contributed by atoms with E-state index < -0.39 is 17.9 Å². The summed E-state index contributed by atoms with van der Waals surface area (Å²) in [5.74, 6) is -1.75. The molecule has 6 nitrogen and oxygen atoms in total. The molecule has 1 unspecified atom stereocenters. The molecule has 0 bridgehead atoms. The second kappa shape index (κ2) is 6.09. The minimum atomic E-state index is -1.04. The van der Waals surface area contributed by atoms with E-state index in [2.05, 4.69) is 0 Å². The van der Waals surface area contributed by atoms with Gasteiger partial charge >= 0.3 is 5.97 Å². The molecule has 0 radical (unpaired) electrons. The number of carbonyl (C=O) groups excluding carboxylic acids is 2. The van der Waals surface area contributed by atoms with Crippen LogP contribution in [-0.2, 0) is 9.59 Å². The van der Waals surface area contributed by atoms with Crippen molar-refractivity contribution in [1.29, 1.82) is 0 Å². The molecule has 2 amide bonds. The first-order valence-corrected chi connectivity index (χ1v) is 7.33. The van der Waals surface area contributed by atoms with Crippen LogP contribution in [0.25, 0.3) is 6.08 Å². The number of nitrogens with two attached hydrogens (primary N) is 1. The monoisotopic (exact) mass is 308 g/mol. The number of aryl methyl sites for hydroxylation is 1. The van der Waals surface area contributed by atoms with Crippen LogP contribution in [0.4, 0.5) is 0 Å². The molecule has 1 aromatic rings. The van der Waals surface area contributed by atoms with E-state index in [0.717, 1.165) is 22.9 Å². The van der Waals surface area contributed by atoms with Crippen molar-refractivity contribution in [1.82, 2.24) is 4.90 Å². The van der Waals surface area contributed by atoms with Crippen LogP contribution in [0.3, 0.4) is 0 Å². The van der Waals surface area contributed by atoms with Gasteiger partial charge in [-0.2, -0.15) is 0 Å². The molecule has 0 spiro atoms. The molecule has 2 rings (SSSR count). The van der Waals surface area contributed by atoms with E-state index in [1.54, 1.807) is 6.07 Å². The summed E-state index contributed by atoms with van der Waals surface area (Å²) in [4.78, 5) is 37.1. The van der Waals surface area contributed by atoms with Gasteiger partial charge in [0.2, 0.25) is 5.91 Å². The van der Waals surface area contributed by atoms with Crippen LogP contribution in [0.15, 0.2) is 12.1 Å². The van der Waals surface area contributed by atoms with Crippen molar-refractivity contribution in [3.05, 3.63) is 27.5 Å². The Morgan fingerprint density at radius 2 is 2.19 bits per heavy atom. The lowest BCUT2D eigenvalue weighted by Crippen LogP contribution is -2.43. The number of aliphatic carboxylic acids is 1. The van der Waals surface area contributed by atoms with Crippen LogP contribution in [0.1, 0.15) is 33.0 Å². The van der Waals surface area contributed by atoms with Crippen molar-refractivity contribution in [2.45, 2.75) is 25.8 Å². The van der Waals surface area contributed by atoms with Gasteiger partial charge in [0.05, 0.1) is 4.88 Å². The maximum atomic E-state index is 12.5. The third kappa shape index (κ3) is 3.30. The first-order valence-electron chi connectivity index (χ1n) is 6.52. The van der Waals surface area contributed by atoms with Crippen molar-refractivity contribution in [2.75, 3.05) is 6.54 Å². The summed E-state index contributed by atoms with van der Waals surface area (Å²) in [6.07, 6.45) is 3.86. The average Bonchev–Trinajstić information content (AvgIpc) is 3.02. The predicted molar refractivity (Wildman–Crippen MR) is 79.0 cm³/mol. The Labute approximate surface area is 125 Å². The Kier molecular flexibility index (Phi) is 4.42. The molecular weight excluding hydrogens is 292 g/mol. The number of likely N-dealkylation sites (tertiary alicyclic amines) is 1. The van der Waals surface area contributed by atoms with Gasteiger partial charge in [0.25, 0.3) is 5.91 Å². The van der Waals surface area contributed by atoms with Gasteiger partial charge < -0.3 is 15.7 Å². The molecule has 0 aromatic carbocycles. The number of amides is 2. The van der Waals surface area contributed by atoms with Crippen molar-refractivity contribution in [3.63, 3.8) is 0 Å². The van der Waals surface area contributed by atoms with Crippen molar-refractivity contribution < 1.29 is 19.5 Å². The number of rotatable bonds is 4.